The molecule has 0 bridgehead atoms. The Labute approximate surface area is 161 Å². The Bertz CT molecular complexity index is 991. The van der Waals surface area contributed by atoms with Crippen molar-refractivity contribution in [3.8, 4) is 0 Å². The minimum atomic E-state index is -1.29. The Hall–Kier alpha value is -2.45. The van der Waals surface area contributed by atoms with Gasteiger partial charge in [-0.2, -0.15) is 0 Å². The van der Waals surface area contributed by atoms with Crippen molar-refractivity contribution in [1.82, 2.24) is 9.47 Å². The molecule has 0 radical (unpaired) electrons. The number of rotatable bonds is 5. The molecule has 8 heteroatoms. The number of carboxylic acid groups (broad SMARTS) is 1. The van der Waals surface area contributed by atoms with Gasteiger partial charge in [-0.25, -0.2) is 9.18 Å². The smallest absolute Gasteiger partial charge is 0.341 e. The van der Waals surface area contributed by atoms with Crippen molar-refractivity contribution in [3.63, 3.8) is 0 Å². The summed E-state index contributed by atoms with van der Waals surface area (Å²) >= 11 is 0. The molecule has 2 aliphatic rings. The van der Waals surface area contributed by atoms with Crippen LogP contribution in [0.15, 0.2) is 17.1 Å². The van der Waals surface area contributed by atoms with Gasteiger partial charge in [0.2, 0.25) is 5.43 Å². The van der Waals surface area contributed by atoms with Crippen LogP contribution in [0.3, 0.4) is 0 Å². The van der Waals surface area contributed by atoms with Gasteiger partial charge in [0.1, 0.15) is 11.4 Å². The lowest BCUT2D eigenvalue weighted by atomic mass is 10.0. The first-order valence-corrected chi connectivity index (χ1v) is 9.48. The number of fused-ring (bicyclic) bond motifs is 1. The molecule has 1 saturated heterocycles. The summed E-state index contributed by atoms with van der Waals surface area (Å²) in [6.07, 6.45) is 3.23. The maximum absolute atomic E-state index is 15.2. The van der Waals surface area contributed by atoms with Gasteiger partial charge in [0.05, 0.1) is 17.8 Å². The normalized spacial score (nSPS) is 18.0. The van der Waals surface area contributed by atoms with Crippen molar-refractivity contribution in [1.29, 1.82) is 0 Å². The van der Waals surface area contributed by atoms with Crippen molar-refractivity contribution in [3.05, 3.63) is 39.4 Å². The molecule has 4 rings (SSSR count). The van der Waals surface area contributed by atoms with Crippen LogP contribution in [0.25, 0.3) is 10.9 Å². The van der Waals surface area contributed by atoms with E-state index in [-0.39, 0.29) is 23.6 Å². The zero-order chi connectivity index (χ0) is 20.0. The number of hydrogen-bond donors (Lipinski definition) is 1. The van der Waals surface area contributed by atoms with E-state index < -0.39 is 17.2 Å². The van der Waals surface area contributed by atoms with Crippen LogP contribution in [-0.4, -0.2) is 60.9 Å². The van der Waals surface area contributed by atoms with E-state index in [9.17, 15) is 14.7 Å². The van der Waals surface area contributed by atoms with Crippen LogP contribution in [0.1, 0.15) is 34.8 Å². The Balaban J connectivity index is 2.01. The molecule has 1 aromatic heterocycles. The quantitative estimate of drug-likeness (QED) is 0.844. The zero-order valence-corrected chi connectivity index (χ0v) is 16.1. The number of aromatic carboxylic acids is 1. The van der Waals surface area contributed by atoms with E-state index in [0.717, 1.165) is 25.9 Å². The third-order valence-corrected chi connectivity index (χ3v) is 5.62. The van der Waals surface area contributed by atoms with Gasteiger partial charge in [0.15, 0.2) is 0 Å². The summed E-state index contributed by atoms with van der Waals surface area (Å²) in [5, 5.41) is 9.54. The van der Waals surface area contributed by atoms with Crippen LogP contribution < -0.4 is 10.3 Å². The van der Waals surface area contributed by atoms with Crippen molar-refractivity contribution in [2.24, 2.45) is 0 Å². The number of likely N-dealkylation sites (N-methyl/N-ethyl adjacent to an activating group) is 1. The van der Waals surface area contributed by atoms with Gasteiger partial charge in [-0.05, 0) is 26.0 Å². The highest BCUT2D eigenvalue weighted by atomic mass is 19.1. The largest absolute Gasteiger partial charge is 0.477 e. The molecule has 0 amide bonds. The molecule has 1 saturated carbocycles. The van der Waals surface area contributed by atoms with Gasteiger partial charge in [-0.1, -0.05) is 0 Å². The number of benzene rings is 1. The lowest BCUT2D eigenvalue weighted by Gasteiger charge is -2.35. The van der Waals surface area contributed by atoms with Gasteiger partial charge >= 0.3 is 5.97 Å². The van der Waals surface area contributed by atoms with E-state index in [0.29, 0.717) is 29.9 Å². The van der Waals surface area contributed by atoms with Crippen LogP contribution in [-0.2, 0) is 11.3 Å². The molecule has 7 nitrogen and oxygen atoms in total. The fraction of sp³-hybridized carbons (Fsp3) is 0.500. The highest BCUT2D eigenvalue weighted by molar-refractivity contribution is 5.95. The van der Waals surface area contributed by atoms with Gasteiger partial charge < -0.3 is 24.2 Å². The Morgan fingerprint density at radius 1 is 1.29 bits per heavy atom. The first-order valence-electron chi connectivity index (χ1n) is 9.48. The summed E-state index contributed by atoms with van der Waals surface area (Å²) in [6, 6.07) is 1.33. The second-order valence-electron chi connectivity index (χ2n) is 7.62. The van der Waals surface area contributed by atoms with Crippen LogP contribution in [0.2, 0.25) is 0 Å². The lowest BCUT2D eigenvalue weighted by molar-refractivity contribution is 0.0695. The fourth-order valence-corrected chi connectivity index (χ4v) is 4.00. The third-order valence-electron chi connectivity index (χ3n) is 5.62. The van der Waals surface area contributed by atoms with E-state index in [1.165, 1.54) is 19.4 Å². The molecule has 2 aromatic rings. The van der Waals surface area contributed by atoms with Gasteiger partial charge in [-0.3, -0.25) is 4.79 Å². The van der Waals surface area contributed by atoms with Crippen molar-refractivity contribution in [2.45, 2.75) is 25.5 Å². The van der Waals surface area contributed by atoms with Crippen LogP contribution in [0, 0.1) is 5.82 Å². The molecule has 2 heterocycles. The minimum absolute atomic E-state index is 0.106. The van der Waals surface area contributed by atoms with Crippen molar-refractivity contribution < 1.29 is 19.0 Å². The number of methoxy groups -OCH3 is 1. The standard InChI is InChI=1S/C20H24FN3O4/c1-22-5-7-23(8-6-22)18-15(11-28-2)17-13(9-16(18)21)19(25)14(20(26)27)10-24(17)12-3-4-12/h9-10,12H,3-8,11H2,1-2H3,(H,26,27). The molecule has 28 heavy (non-hydrogen) atoms. The van der Waals surface area contributed by atoms with Gasteiger partial charge in [-0.15, -0.1) is 0 Å². The molecule has 1 aliphatic heterocycles. The molecular formula is C20H24FN3O4. The van der Waals surface area contributed by atoms with Crippen molar-refractivity contribution >= 4 is 22.6 Å². The van der Waals surface area contributed by atoms with E-state index in [1.54, 1.807) is 0 Å². The summed E-state index contributed by atoms with van der Waals surface area (Å²) in [4.78, 5) is 28.5. The molecule has 0 atom stereocenters. The Morgan fingerprint density at radius 2 is 1.96 bits per heavy atom. The first kappa shape index (κ1) is 18.9. The predicted octanol–water partition coefficient (Wildman–Crippen LogP) is 2.07. The molecule has 1 N–H and O–H groups in total. The number of nitrogens with zero attached hydrogens (tertiary/aromatic N) is 3. The molecular weight excluding hydrogens is 365 g/mol. The minimum Gasteiger partial charge on any atom is -0.477 e. The summed E-state index contributed by atoms with van der Waals surface area (Å²) in [7, 11) is 3.57. The maximum Gasteiger partial charge on any atom is 0.341 e. The number of carbonyl (C=O) groups is 1. The second-order valence-corrected chi connectivity index (χ2v) is 7.62. The molecule has 0 unspecified atom stereocenters. The summed E-state index contributed by atoms with van der Waals surface area (Å²) in [5.74, 6) is -1.80. The number of halogens is 1. The Morgan fingerprint density at radius 3 is 2.54 bits per heavy atom. The van der Waals surface area contributed by atoms with Crippen molar-refractivity contribution in [2.75, 3.05) is 45.2 Å². The van der Waals surface area contributed by atoms with Crippen LogP contribution >= 0.6 is 0 Å². The Kier molecular flexibility index (Phi) is 4.84. The van der Waals surface area contributed by atoms with Crippen LogP contribution in [0.4, 0.5) is 10.1 Å². The van der Waals surface area contributed by atoms with Gasteiger partial charge in [0.25, 0.3) is 0 Å². The maximum atomic E-state index is 15.2. The zero-order valence-electron chi connectivity index (χ0n) is 16.1. The monoisotopic (exact) mass is 389 g/mol. The summed E-state index contributed by atoms with van der Waals surface area (Å²) in [6.45, 7) is 3.14. The topological polar surface area (TPSA) is 75.0 Å². The molecule has 2 fully saturated rings. The summed E-state index contributed by atoms with van der Waals surface area (Å²) in [5.41, 5.74) is 0.687. The lowest BCUT2D eigenvalue weighted by Crippen LogP contribution is -2.45. The van der Waals surface area contributed by atoms with E-state index in [4.69, 9.17) is 4.74 Å². The highest BCUT2D eigenvalue weighted by Crippen LogP contribution is 2.40. The molecule has 0 spiro atoms. The number of hydrogen-bond acceptors (Lipinski definition) is 5. The second kappa shape index (κ2) is 7.18. The van der Waals surface area contributed by atoms with E-state index >= 15 is 4.39 Å². The molecule has 1 aliphatic carbocycles. The molecule has 150 valence electrons. The number of carboxylic acids is 1. The SMILES string of the molecule is COCc1c(N2CCN(C)CC2)c(F)cc2c(=O)c(C(=O)O)cn(C3CC3)c12. The third kappa shape index (κ3) is 3.16. The number of aromatic nitrogens is 1. The molecule has 1 aromatic carbocycles. The number of anilines is 1. The van der Waals surface area contributed by atoms with Gasteiger partial charge in [0, 0.05) is 56.5 Å². The number of ether oxygens (including phenoxy) is 1. The fourth-order valence-electron chi connectivity index (χ4n) is 4.00. The predicted molar refractivity (Wildman–Crippen MR) is 104 cm³/mol. The average molecular weight is 389 g/mol. The first-order chi connectivity index (χ1) is 13.4. The summed E-state index contributed by atoms with van der Waals surface area (Å²) < 4.78 is 22.5. The number of piperazine rings is 1. The van der Waals surface area contributed by atoms with E-state index in [1.807, 2.05) is 16.5 Å². The van der Waals surface area contributed by atoms with E-state index in [2.05, 4.69) is 4.90 Å². The average Bonchev–Trinajstić information content (AvgIpc) is 3.49. The van der Waals surface area contributed by atoms with Crippen LogP contribution in [0.5, 0.6) is 0 Å². The highest BCUT2D eigenvalue weighted by Gasteiger charge is 2.31. The number of pyridine rings is 1.